The fraction of sp³-hybridized carbons (Fsp3) is 0.0500. The second-order valence-corrected chi connectivity index (χ2v) is 6.27. The highest BCUT2D eigenvalue weighted by Gasteiger charge is 2.16. The molecule has 0 saturated heterocycles. The molecule has 142 valence electrons. The van der Waals surface area contributed by atoms with E-state index in [1.807, 2.05) is 13.2 Å². The molecule has 1 amide bonds. The monoisotopic (exact) mass is 385 g/mol. The summed E-state index contributed by atoms with van der Waals surface area (Å²) in [6.07, 6.45) is 6.66. The van der Waals surface area contributed by atoms with Gasteiger partial charge in [-0.1, -0.05) is 18.7 Å². The Morgan fingerprint density at radius 2 is 1.97 bits per heavy atom. The van der Waals surface area contributed by atoms with Gasteiger partial charge < -0.3 is 10.5 Å². The van der Waals surface area contributed by atoms with Crippen molar-refractivity contribution in [2.24, 2.45) is 12.8 Å². The van der Waals surface area contributed by atoms with E-state index in [4.69, 9.17) is 10.5 Å². The molecular weight excluding hydrogens is 370 g/mol. The van der Waals surface area contributed by atoms with Crippen LogP contribution in [0, 0.1) is 11.3 Å². The standard InChI is InChI=1S/C20H15N7O2/c1-12(19(22)28)13-3-5-16(6-4-13)29-20-18-14(7-21)8-24-27(18)11-17(25-20)15-9-23-26(2)10-15/h3-6,8-11H,1H2,2H3,(H2,22,28). The van der Waals surface area contributed by atoms with Gasteiger partial charge in [-0.05, 0) is 17.7 Å². The van der Waals surface area contributed by atoms with Gasteiger partial charge in [0, 0.05) is 24.4 Å². The van der Waals surface area contributed by atoms with Crippen LogP contribution in [0.15, 0.2) is 55.6 Å². The number of carbonyl (C=O) groups is 1. The minimum atomic E-state index is -0.593. The third kappa shape index (κ3) is 3.30. The van der Waals surface area contributed by atoms with Gasteiger partial charge in [-0.3, -0.25) is 9.48 Å². The molecule has 1 aromatic carbocycles. The number of benzene rings is 1. The molecule has 2 N–H and O–H groups in total. The van der Waals surface area contributed by atoms with E-state index in [1.165, 1.54) is 6.20 Å². The first-order chi connectivity index (χ1) is 14.0. The van der Waals surface area contributed by atoms with Crippen molar-refractivity contribution < 1.29 is 9.53 Å². The Morgan fingerprint density at radius 1 is 1.21 bits per heavy atom. The summed E-state index contributed by atoms with van der Waals surface area (Å²) in [5, 5.41) is 17.8. The minimum Gasteiger partial charge on any atom is -0.437 e. The summed E-state index contributed by atoms with van der Waals surface area (Å²) in [5.74, 6) is 0.0971. The maximum absolute atomic E-state index is 11.3. The van der Waals surface area contributed by atoms with Crippen LogP contribution < -0.4 is 10.5 Å². The number of nitriles is 1. The molecule has 0 spiro atoms. The Hall–Kier alpha value is -4.45. The van der Waals surface area contributed by atoms with Crippen LogP contribution in [0.25, 0.3) is 22.3 Å². The summed E-state index contributed by atoms with van der Waals surface area (Å²) >= 11 is 0. The van der Waals surface area contributed by atoms with Crippen molar-refractivity contribution in [3.05, 3.63) is 66.8 Å². The maximum atomic E-state index is 11.3. The normalized spacial score (nSPS) is 10.6. The number of aryl methyl sites for hydroxylation is 1. The summed E-state index contributed by atoms with van der Waals surface area (Å²) < 4.78 is 9.17. The third-order valence-electron chi connectivity index (χ3n) is 4.30. The number of nitrogens with zero attached hydrogens (tertiary/aromatic N) is 6. The van der Waals surface area contributed by atoms with Gasteiger partial charge in [0.15, 0.2) is 0 Å². The number of hydrogen-bond donors (Lipinski definition) is 1. The first kappa shape index (κ1) is 17.9. The molecule has 0 fully saturated rings. The van der Waals surface area contributed by atoms with Crippen LogP contribution in [0.5, 0.6) is 11.6 Å². The van der Waals surface area contributed by atoms with Crippen molar-refractivity contribution in [3.8, 4) is 29.0 Å². The van der Waals surface area contributed by atoms with Gasteiger partial charge in [-0.15, -0.1) is 0 Å². The van der Waals surface area contributed by atoms with E-state index in [1.54, 1.807) is 45.9 Å². The number of aromatic nitrogens is 5. The van der Waals surface area contributed by atoms with Crippen LogP contribution in [0.4, 0.5) is 0 Å². The number of fused-ring (bicyclic) bond motifs is 1. The Labute approximate surface area is 165 Å². The zero-order chi connectivity index (χ0) is 20.5. The highest BCUT2D eigenvalue weighted by molar-refractivity contribution is 6.17. The summed E-state index contributed by atoms with van der Waals surface area (Å²) in [6.45, 7) is 3.66. The molecule has 0 saturated carbocycles. The number of nitrogens with two attached hydrogens (primary N) is 1. The van der Waals surface area contributed by atoms with Crippen LogP contribution in [0.3, 0.4) is 0 Å². The number of hydrogen-bond acceptors (Lipinski definition) is 6. The second-order valence-electron chi connectivity index (χ2n) is 6.27. The van der Waals surface area contributed by atoms with Gasteiger partial charge in [0.1, 0.15) is 22.9 Å². The average Bonchev–Trinajstić information content (AvgIpc) is 3.34. The zero-order valence-corrected chi connectivity index (χ0v) is 15.4. The molecule has 0 aliphatic rings. The molecule has 4 rings (SSSR count). The van der Waals surface area contributed by atoms with E-state index in [9.17, 15) is 10.1 Å². The molecule has 0 radical (unpaired) electrons. The quantitative estimate of drug-likeness (QED) is 0.526. The molecule has 9 heteroatoms. The van der Waals surface area contributed by atoms with E-state index in [0.29, 0.717) is 28.1 Å². The Balaban J connectivity index is 1.77. The average molecular weight is 385 g/mol. The van der Waals surface area contributed by atoms with Crippen molar-refractivity contribution >= 4 is 17.0 Å². The summed E-state index contributed by atoms with van der Waals surface area (Å²) in [7, 11) is 1.81. The molecule has 0 unspecified atom stereocenters. The van der Waals surface area contributed by atoms with E-state index >= 15 is 0 Å². The molecule has 3 aromatic heterocycles. The van der Waals surface area contributed by atoms with Crippen molar-refractivity contribution in [2.75, 3.05) is 0 Å². The lowest BCUT2D eigenvalue weighted by molar-refractivity contribution is -0.112. The van der Waals surface area contributed by atoms with Crippen LogP contribution in [0.2, 0.25) is 0 Å². The molecule has 0 aliphatic carbocycles. The first-order valence-electron chi connectivity index (χ1n) is 8.51. The Morgan fingerprint density at radius 3 is 2.59 bits per heavy atom. The van der Waals surface area contributed by atoms with Crippen molar-refractivity contribution in [2.45, 2.75) is 0 Å². The SMILES string of the molecule is C=C(C(N)=O)c1ccc(Oc2nc(-c3cnn(C)c3)cn3ncc(C#N)c23)cc1. The highest BCUT2D eigenvalue weighted by atomic mass is 16.5. The largest absolute Gasteiger partial charge is 0.437 e. The predicted molar refractivity (Wildman–Crippen MR) is 105 cm³/mol. The third-order valence-corrected chi connectivity index (χ3v) is 4.30. The van der Waals surface area contributed by atoms with Gasteiger partial charge in [-0.25, -0.2) is 9.50 Å². The highest BCUT2D eigenvalue weighted by Crippen LogP contribution is 2.30. The van der Waals surface area contributed by atoms with E-state index in [2.05, 4.69) is 27.8 Å². The number of primary amides is 1. The van der Waals surface area contributed by atoms with Gasteiger partial charge >= 0.3 is 0 Å². The summed E-state index contributed by atoms with van der Waals surface area (Å²) in [4.78, 5) is 15.8. The van der Waals surface area contributed by atoms with Crippen LogP contribution in [-0.4, -0.2) is 30.3 Å². The minimum absolute atomic E-state index is 0.207. The van der Waals surface area contributed by atoms with Crippen molar-refractivity contribution in [1.29, 1.82) is 5.26 Å². The Kier molecular flexibility index (Phi) is 4.29. The fourth-order valence-corrected chi connectivity index (χ4v) is 2.80. The van der Waals surface area contributed by atoms with Crippen LogP contribution in [-0.2, 0) is 11.8 Å². The lowest BCUT2D eigenvalue weighted by atomic mass is 10.1. The summed E-state index contributed by atoms with van der Waals surface area (Å²) in [5.41, 5.74) is 8.21. The number of carbonyl (C=O) groups excluding carboxylic acids is 1. The van der Waals surface area contributed by atoms with E-state index in [-0.39, 0.29) is 11.5 Å². The first-order valence-corrected chi connectivity index (χ1v) is 8.51. The van der Waals surface area contributed by atoms with Gasteiger partial charge in [0.2, 0.25) is 11.8 Å². The van der Waals surface area contributed by atoms with Gasteiger partial charge in [0.25, 0.3) is 0 Å². The predicted octanol–water partition coefficient (Wildman–Crippen LogP) is 2.29. The lowest BCUT2D eigenvalue weighted by Gasteiger charge is -2.09. The fourth-order valence-electron chi connectivity index (χ4n) is 2.80. The van der Waals surface area contributed by atoms with Gasteiger partial charge in [-0.2, -0.15) is 15.5 Å². The summed E-state index contributed by atoms with van der Waals surface area (Å²) in [6, 6.07) is 8.77. The topological polar surface area (TPSA) is 124 Å². The van der Waals surface area contributed by atoms with E-state index in [0.717, 1.165) is 5.56 Å². The smallest absolute Gasteiger partial charge is 0.248 e. The molecule has 29 heavy (non-hydrogen) atoms. The van der Waals surface area contributed by atoms with Crippen molar-refractivity contribution in [1.82, 2.24) is 24.4 Å². The molecule has 0 aliphatic heterocycles. The number of amides is 1. The molecule has 0 bridgehead atoms. The van der Waals surface area contributed by atoms with Crippen molar-refractivity contribution in [3.63, 3.8) is 0 Å². The molecule has 4 aromatic rings. The molecule has 9 nitrogen and oxygen atoms in total. The molecular formula is C20H15N7O2. The number of rotatable bonds is 5. The van der Waals surface area contributed by atoms with Crippen LogP contribution >= 0.6 is 0 Å². The molecule has 3 heterocycles. The molecule has 0 atom stereocenters. The van der Waals surface area contributed by atoms with Gasteiger partial charge in [0.05, 0.1) is 24.3 Å². The lowest BCUT2D eigenvalue weighted by Crippen LogP contribution is -2.11. The zero-order valence-electron chi connectivity index (χ0n) is 15.4. The van der Waals surface area contributed by atoms with E-state index < -0.39 is 5.91 Å². The Bertz CT molecular complexity index is 1290. The maximum Gasteiger partial charge on any atom is 0.248 e. The number of ether oxygens (including phenoxy) is 1. The van der Waals surface area contributed by atoms with Crippen LogP contribution in [0.1, 0.15) is 11.1 Å². The second kappa shape index (κ2) is 6.94.